The van der Waals surface area contributed by atoms with Gasteiger partial charge in [0.2, 0.25) is 5.91 Å². The molecule has 8 heteroatoms. The van der Waals surface area contributed by atoms with Crippen LogP contribution in [0, 0.1) is 53.3 Å². The second-order valence-corrected chi connectivity index (χ2v) is 14.0. The van der Waals surface area contributed by atoms with Crippen LogP contribution in [0.1, 0.15) is 103 Å². The van der Waals surface area contributed by atoms with Crippen LogP contribution >= 0.6 is 0 Å². The summed E-state index contributed by atoms with van der Waals surface area (Å²) in [6, 6.07) is 1.35. The number of amides is 1. The number of aryl methyl sites for hydroxylation is 1. The summed E-state index contributed by atoms with van der Waals surface area (Å²) < 4.78 is 5.04. The van der Waals surface area contributed by atoms with E-state index in [9.17, 15) is 24.9 Å². The van der Waals surface area contributed by atoms with Crippen molar-refractivity contribution < 1.29 is 24.5 Å². The monoisotopic (exact) mass is 556 g/mol. The fourth-order valence-corrected chi connectivity index (χ4v) is 9.91. The van der Waals surface area contributed by atoms with Gasteiger partial charge in [-0.1, -0.05) is 20.8 Å². The summed E-state index contributed by atoms with van der Waals surface area (Å²) in [4.78, 5) is 24.8. The molecule has 4 saturated carbocycles. The Morgan fingerprint density at radius 3 is 2.62 bits per heavy atom. The lowest BCUT2D eigenvalue weighted by atomic mass is 9.43. The minimum atomic E-state index is -0.692. The summed E-state index contributed by atoms with van der Waals surface area (Å²) >= 11 is 0. The molecule has 1 amide bonds. The van der Waals surface area contributed by atoms with Crippen molar-refractivity contribution in [3.05, 3.63) is 27.8 Å². The molecule has 0 spiro atoms. The van der Waals surface area contributed by atoms with Gasteiger partial charge in [0.25, 0.3) is 0 Å². The molecule has 0 aliphatic heterocycles. The predicted molar refractivity (Wildman–Crippen MR) is 153 cm³/mol. The van der Waals surface area contributed by atoms with Crippen molar-refractivity contribution in [1.82, 2.24) is 5.43 Å². The van der Waals surface area contributed by atoms with Crippen molar-refractivity contribution in [2.24, 2.45) is 51.4 Å². The molecule has 0 saturated heterocycles. The molecule has 222 valence electrons. The van der Waals surface area contributed by atoms with Crippen LogP contribution in [0.25, 0.3) is 0 Å². The third kappa shape index (κ3) is 4.93. The second-order valence-electron chi connectivity index (χ2n) is 14.0. The SMILES string of the molecule is CC(=NNC(=O)CCC(C)C1CCC2C3CCC4C[C@H](O)CC[C@]4(C)C3C[C@H](O)[C@]12C)c1c(O)cc(C)oc1=O. The number of carbonyl (C=O) groups is 1. The Morgan fingerprint density at radius 1 is 1.15 bits per heavy atom. The first-order valence-corrected chi connectivity index (χ1v) is 15.4. The maximum Gasteiger partial charge on any atom is 0.348 e. The summed E-state index contributed by atoms with van der Waals surface area (Å²) in [5, 5.41) is 36.2. The highest BCUT2D eigenvalue weighted by Crippen LogP contribution is 2.68. The Morgan fingerprint density at radius 2 is 1.90 bits per heavy atom. The molecular formula is C32H48N2O6. The number of hydrogen-bond acceptors (Lipinski definition) is 7. The number of carbonyl (C=O) groups excluding carboxylic acids is 1. The van der Waals surface area contributed by atoms with Crippen LogP contribution in [-0.4, -0.2) is 39.1 Å². The van der Waals surface area contributed by atoms with Crippen LogP contribution in [0.15, 0.2) is 20.4 Å². The van der Waals surface area contributed by atoms with Gasteiger partial charge in [-0.15, -0.1) is 0 Å². The molecule has 0 aromatic carbocycles. The molecule has 1 aromatic heterocycles. The maximum absolute atomic E-state index is 12.7. The number of hydrogen-bond donors (Lipinski definition) is 4. The number of rotatable bonds is 6. The molecular weight excluding hydrogens is 508 g/mol. The summed E-state index contributed by atoms with van der Waals surface area (Å²) in [5.41, 5.74) is 2.06. The van der Waals surface area contributed by atoms with E-state index in [1.165, 1.54) is 18.9 Å². The Kier molecular flexibility index (Phi) is 7.99. The van der Waals surface area contributed by atoms with Gasteiger partial charge < -0.3 is 19.7 Å². The number of aliphatic hydroxyl groups excluding tert-OH is 2. The lowest BCUT2D eigenvalue weighted by molar-refractivity contribution is -0.174. The van der Waals surface area contributed by atoms with Crippen LogP contribution < -0.4 is 11.1 Å². The summed E-state index contributed by atoms with van der Waals surface area (Å²) in [6.45, 7) is 10.1. The highest BCUT2D eigenvalue weighted by molar-refractivity contribution is 6.01. The van der Waals surface area contributed by atoms with Crippen LogP contribution in [0.5, 0.6) is 5.75 Å². The van der Waals surface area contributed by atoms with E-state index in [1.54, 1.807) is 13.8 Å². The third-order valence-electron chi connectivity index (χ3n) is 12.1. The molecule has 5 rings (SSSR count). The summed E-state index contributed by atoms with van der Waals surface area (Å²) in [5.74, 6) is 2.72. The van der Waals surface area contributed by atoms with Crippen LogP contribution in [0.4, 0.5) is 0 Å². The number of aromatic hydroxyl groups is 1. The van der Waals surface area contributed by atoms with Gasteiger partial charge in [-0.05, 0) is 118 Å². The van der Waals surface area contributed by atoms with E-state index in [4.69, 9.17) is 4.42 Å². The highest BCUT2D eigenvalue weighted by atomic mass is 16.4. The zero-order valence-electron chi connectivity index (χ0n) is 24.8. The van der Waals surface area contributed by atoms with E-state index in [-0.39, 0.29) is 51.9 Å². The van der Waals surface area contributed by atoms with Crippen molar-refractivity contribution >= 4 is 11.6 Å². The minimum absolute atomic E-state index is 0.0546. The molecule has 10 atom stereocenters. The molecule has 8 nitrogen and oxygen atoms in total. The molecule has 4 fully saturated rings. The average molecular weight is 557 g/mol. The third-order valence-corrected chi connectivity index (χ3v) is 12.1. The van der Waals surface area contributed by atoms with Gasteiger partial charge >= 0.3 is 5.63 Å². The lowest BCUT2D eigenvalue weighted by Crippen LogP contribution is -2.58. The topological polar surface area (TPSA) is 132 Å². The Labute approximate surface area is 237 Å². The van der Waals surface area contributed by atoms with Crippen molar-refractivity contribution in [3.63, 3.8) is 0 Å². The van der Waals surface area contributed by atoms with Gasteiger partial charge in [-0.3, -0.25) is 4.79 Å². The zero-order chi connectivity index (χ0) is 29.0. The quantitative estimate of drug-likeness (QED) is 0.291. The fraction of sp³-hybridized carbons (Fsp3) is 0.781. The molecule has 0 bridgehead atoms. The number of nitrogens with zero attached hydrogens (tertiary/aromatic N) is 1. The lowest BCUT2D eigenvalue weighted by Gasteiger charge is -2.62. The van der Waals surface area contributed by atoms with Crippen LogP contribution in [0.3, 0.4) is 0 Å². The van der Waals surface area contributed by atoms with Gasteiger partial charge in [0, 0.05) is 12.5 Å². The van der Waals surface area contributed by atoms with Gasteiger partial charge in [0.15, 0.2) is 0 Å². The number of hydrazone groups is 1. The Balaban J connectivity index is 1.22. The maximum atomic E-state index is 12.7. The highest BCUT2D eigenvalue weighted by Gasteiger charge is 2.63. The van der Waals surface area contributed by atoms with Crippen molar-refractivity contribution in [3.8, 4) is 5.75 Å². The normalized spacial score (nSPS) is 40.1. The number of aliphatic hydroxyl groups is 2. The molecule has 6 unspecified atom stereocenters. The van der Waals surface area contributed by atoms with E-state index in [0.717, 1.165) is 38.5 Å². The van der Waals surface area contributed by atoms with E-state index >= 15 is 0 Å². The van der Waals surface area contributed by atoms with E-state index in [0.29, 0.717) is 48.2 Å². The zero-order valence-corrected chi connectivity index (χ0v) is 24.8. The molecule has 40 heavy (non-hydrogen) atoms. The van der Waals surface area contributed by atoms with Crippen molar-refractivity contribution in [2.75, 3.05) is 0 Å². The molecule has 4 aliphatic carbocycles. The minimum Gasteiger partial charge on any atom is -0.507 e. The predicted octanol–water partition coefficient (Wildman–Crippen LogP) is 4.90. The second kappa shape index (κ2) is 10.9. The van der Waals surface area contributed by atoms with E-state index in [1.807, 2.05) is 0 Å². The Bertz CT molecular complexity index is 1210. The molecule has 1 aromatic rings. The first-order valence-electron chi connectivity index (χ1n) is 15.4. The molecule has 1 heterocycles. The first kappa shape index (κ1) is 29.3. The van der Waals surface area contributed by atoms with Crippen molar-refractivity contribution in [1.29, 1.82) is 0 Å². The first-order chi connectivity index (χ1) is 18.9. The molecule has 4 N–H and O–H groups in total. The average Bonchev–Trinajstić information content (AvgIpc) is 3.25. The number of fused-ring (bicyclic) bond motifs is 5. The van der Waals surface area contributed by atoms with E-state index < -0.39 is 5.63 Å². The van der Waals surface area contributed by atoms with Crippen LogP contribution in [0.2, 0.25) is 0 Å². The van der Waals surface area contributed by atoms with Gasteiger partial charge in [0.1, 0.15) is 17.1 Å². The molecule has 0 radical (unpaired) electrons. The van der Waals surface area contributed by atoms with Gasteiger partial charge in [0.05, 0.1) is 17.9 Å². The standard InChI is InChI=1S/C32H48N2O6/c1-17(6-11-28(38)34-33-19(3)29-26(36)14-18(2)40-30(29)39)23-9-10-24-22-8-7-20-15-21(35)12-13-31(20,4)25(22)16-27(37)32(23,24)5/h14,17,20-25,27,35-37H,6-13,15-16H2,1-5H3,(H,34,38)/t17?,20?,21-,22?,23?,24?,25?,27+,31+,32-/m1/s1. The van der Waals surface area contributed by atoms with Crippen LogP contribution in [-0.2, 0) is 4.79 Å². The van der Waals surface area contributed by atoms with E-state index in [2.05, 4.69) is 31.3 Å². The number of nitrogens with one attached hydrogen (secondary N) is 1. The fourth-order valence-electron chi connectivity index (χ4n) is 9.91. The smallest absolute Gasteiger partial charge is 0.348 e. The summed E-state index contributed by atoms with van der Waals surface area (Å²) in [6.07, 6.45) is 8.87. The molecule has 4 aliphatic rings. The summed E-state index contributed by atoms with van der Waals surface area (Å²) in [7, 11) is 0. The van der Waals surface area contributed by atoms with Gasteiger partial charge in [-0.2, -0.15) is 5.10 Å². The largest absolute Gasteiger partial charge is 0.507 e. The van der Waals surface area contributed by atoms with Crippen molar-refractivity contribution in [2.45, 2.75) is 111 Å². The van der Waals surface area contributed by atoms with Gasteiger partial charge in [-0.25, -0.2) is 10.2 Å². The Hall–Kier alpha value is -2.19.